The van der Waals surface area contributed by atoms with Gasteiger partial charge in [-0.2, -0.15) is 0 Å². The van der Waals surface area contributed by atoms with Gasteiger partial charge in [-0.1, -0.05) is 60.7 Å². The fourth-order valence-corrected chi connectivity index (χ4v) is 2.82. The monoisotopic (exact) mass is 297 g/mol. The molecule has 0 spiro atoms. The zero-order valence-corrected chi connectivity index (χ0v) is 12.5. The van der Waals surface area contributed by atoms with Gasteiger partial charge in [0.1, 0.15) is 5.75 Å². The summed E-state index contributed by atoms with van der Waals surface area (Å²) in [6.45, 7) is 0. The zero-order valence-electron chi connectivity index (χ0n) is 12.5. The van der Waals surface area contributed by atoms with Crippen LogP contribution in [0, 0.1) is 0 Å². The van der Waals surface area contributed by atoms with Gasteiger partial charge in [0, 0.05) is 10.8 Å². The van der Waals surface area contributed by atoms with Crippen LogP contribution in [0.5, 0.6) is 5.75 Å². The fourth-order valence-electron chi connectivity index (χ4n) is 2.82. The molecule has 0 saturated carbocycles. The third kappa shape index (κ3) is 2.55. The third-order valence-electron chi connectivity index (χ3n) is 3.96. The summed E-state index contributed by atoms with van der Waals surface area (Å²) in [4.78, 5) is 4.87. The summed E-state index contributed by atoms with van der Waals surface area (Å²) in [5.74, 6) is 0.247. The second-order valence-electron chi connectivity index (χ2n) is 5.48. The average Bonchev–Trinajstić information content (AvgIpc) is 2.75. The van der Waals surface area contributed by atoms with Gasteiger partial charge in [-0.3, -0.25) is 0 Å². The lowest BCUT2D eigenvalue weighted by atomic mass is 10.1. The van der Waals surface area contributed by atoms with Gasteiger partial charge < -0.3 is 5.11 Å². The SMILES string of the molecule is Oc1ccc(N=c2c3ccccc3ccc3ccccc23)cc1. The van der Waals surface area contributed by atoms with Crippen molar-refractivity contribution < 1.29 is 5.11 Å². The topological polar surface area (TPSA) is 32.6 Å². The molecule has 0 amide bonds. The van der Waals surface area contributed by atoms with Crippen LogP contribution in [0.15, 0.2) is 89.9 Å². The highest BCUT2D eigenvalue weighted by molar-refractivity contribution is 5.93. The van der Waals surface area contributed by atoms with Crippen molar-refractivity contribution in [3.05, 3.63) is 90.3 Å². The number of rotatable bonds is 1. The van der Waals surface area contributed by atoms with Crippen molar-refractivity contribution in [3.8, 4) is 5.75 Å². The van der Waals surface area contributed by atoms with Gasteiger partial charge in [-0.25, -0.2) is 4.99 Å². The van der Waals surface area contributed by atoms with E-state index < -0.39 is 0 Å². The van der Waals surface area contributed by atoms with E-state index in [0.717, 1.165) is 32.6 Å². The Hall–Kier alpha value is -3.13. The fraction of sp³-hybridized carbons (Fsp3) is 0. The first kappa shape index (κ1) is 13.5. The molecule has 0 aromatic heterocycles. The molecule has 23 heavy (non-hydrogen) atoms. The highest BCUT2D eigenvalue weighted by atomic mass is 16.3. The second-order valence-corrected chi connectivity index (χ2v) is 5.48. The maximum Gasteiger partial charge on any atom is 0.115 e. The van der Waals surface area contributed by atoms with Gasteiger partial charge in [0.05, 0.1) is 11.0 Å². The van der Waals surface area contributed by atoms with Crippen molar-refractivity contribution in [2.75, 3.05) is 0 Å². The molecule has 110 valence electrons. The minimum Gasteiger partial charge on any atom is -0.508 e. The molecule has 0 saturated heterocycles. The summed E-state index contributed by atoms with van der Waals surface area (Å²) in [7, 11) is 0. The van der Waals surface area contributed by atoms with Crippen molar-refractivity contribution in [1.82, 2.24) is 0 Å². The number of nitrogens with zero attached hydrogens (tertiary/aromatic N) is 1. The van der Waals surface area contributed by atoms with Gasteiger partial charge >= 0.3 is 0 Å². The van der Waals surface area contributed by atoms with E-state index in [1.54, 1.807) is 12.1 Å². The predicted molar refractivity (Wildman–Crippen MR) is 94.8 cm³/mol. The van der Waals surface area contributed by atoms with Crippen LogP contribution in [0.1, 0.15) is 0 Å². The molecule has 4 rings (SSSR count). The normalized spacial score (nSPS) is 10.8. The highest BCUT2D eigenvalue weighted by Gasteiger charge is 2.01. The van der Waals surface area contributed by atoms with Crippen molar-refractivity contribution >= 4 is 27.2 Å². The number of fused-ring (bicyclic) bond motifs is 2. The van der Waals surface area contributed by atoms with Gasteiger partial charge in [0.2, 0.25) is 0 Å². The van der Waals surface area contributed by atoms with Crippen LogP contribution < -0.4 is 5.36 Å². The summed E-state index contributed by atoms with van der Waals surface area (Å²) in [5, 5.41) is 14.9. The van der Waals surface area contributed by atoms with Crippen molar-refractivity contribution in [2.24, 2.45) is 4.99 Å². The summed E-state index contributed by atoms with van der Waals surface area (Å²) in [6, 6.07) is 27.8. The predicted octanol–water partition coefficient (Wildman–Crippen LogP) is 4.93. The summed E-state index contributed by atoms with van der Waals surface area (Å²) >= 11 is 0. The minimum absolute atomic E-state index is 0.247. The van der Waals surface area contributed by atoms with E-state index in [0.29, 0.717) is 0 Å². The van der Waals surface area contributed by atoms with Crippen molar-refractivity contribution in [1.29, 1.82) is 0 Å². The molecule has 0 atom stereocenters. The molecule has 1 N–H and O–H groups in total. The Morgan fingerprint density at radius 3 is 1.65 bits per heavy atom. The Morgan fingerprint density at radius 1 is 0.565 bits per heavy atom. The van der Waals surface area contributed by atoms with Gasteiger partial charge in [-0.15, -0.1) is 0 Å². The lowest BCUT2D eigenvalue weighted by molar-refractivity contribution is 0.475. The Balaban J connectivity index is 2.19. The van der Waals surface area contributed by atoms with E-state index in [9.17, 15) is 5.11 Å². The molecule has 0 fully saturated rings. The van der Waals surface area contributed by atoms with Crippen LogP contribution in [0.3, 0.4) is 0 Å². The molecule has 4 aromatic rings. The maximum absolute atomic E-state index is 9.46. The maximum atomic E-state index is 9.46. The Kier molecular flexibility index (Phi) is 3.28. The molecule has 0 bridgehead atoms. The Labute approximate surface area is 134 Å². The standard InChI is InChI=1S/C21H15NO/c23-18-13-11-17(12-14-18)22-21-19-7-3-1-5-15(19)9-10-16-6-2-4-8-20(16)21/h1-14,23H. The van der Waals surface area contributed by atoms with Crippen LogP contribution in [0.25, 0.3) is 21.5 Å². The van der Waals surface area contributed by atoms with Crippen molar-refractivity contribution in [3.63, 3.8) is 0 Å². The molecule has 2 nitrogen and oxygen atoms in total. The van der Waals surface area contributed by atoms with E-state index >= 15 is 0 Å². The molecule has 0 aliphatic heterocycles. The first-order valence-electron chi connectivity index (χ1n) is 7.56. The molecule has 2 heteroatoms. The molecular formula is C21H15NO. The summed E-state index contributed by atoms with van der Waals surface area (Å²) in [6.07, 6.45) is 0. The van der Waals surface area contributed by atoms with Crippen LogP contribution in [-0.2, 0) is 0 Å². The van der Waals surface area contributed by atoms with Gasteiger partial charge in [-0.05, 0) is 35.0 Å². The quantitative estimate of drug-likeness (QED) is 0.531. The van der Waals surface area contributed by atoms with Gasteiger partial charge in [0.25, 0.3) is 0 Å². The van der Waals surface area contributed by atoms with E-state index in [-0.39, 0.29) is 5.75 Å². The van der Waals surface area contributed by atoms with E-state index in [1.165, 1.54) is 0 Å². The van der Waals surface area contributed by atoms with E-state index in [4.69, 9.17) is 4.99 Å². The van der Waals surface area contributed by atoms with Crippen LogP contribution >= 0.6 is 0 Å². The Morgan fingerprint density at radius 2 is 1.09 bits per heavy atom. The second kappa shape index (κ2) is 5.58. The summed E-state index contributed by atoms with van der Waals surface area (Å²) < 4.78 is 0. The Bertz CT molecular complexity index is 1000. The number of hydrogen-bond donors (Lipinski definition) is 1. The van der Waals surface area contributed by atoms with Crippen LogP contribution in [0.4, 0.5) is 5.69 Å². The first-order valence-corrected chi connectivity index (χ1v) is 7.56. The number of phenolic OH excluding ortho intramolecular Hbond substituents is 1. The number of aromatic hydroxyl groups is 1. The lowest BCUT2D eigenvalue weighted by Crippen LogP contribution is -2.01. The molecule has 0 heterocycles. The smallest absolute Gasteiger partial charge is 0.115 e. The van der Waals surface area contributed by atoms with Crippen molar-refractivity contribution in [2.45, 2.75) is 0 Å². The molecular weight excluding hydrogens is 282 g/mol. The van der Waals surface area contributed by atoms with E-state index in [1.807, 2.05) is 36.4 Å². The highest BCUT2D eigenvalue weighted by Crippen LogP contribution is 2.19. The van der Waals surface area contributed by atoms with Gasteiger partial charge in [0.15, 0.2) is 0 Å². The molecule has 0 aliphatic rings. The molecule has 0 radical (unpaired) electrons. The third-order valence-corrected chi connectivity index (χ3v) is 3.96. The number of hydrogen-bond acceptors (Lipinski definition) is 2. The zero-order chi connectivity index (χ0) is 15.6. The lowest BCUT2D eigenvalue weighted by Gasteiger charge is -1.98. The minimum atomic E-state index is 0.247. The first-order chi connectivity index (χ1) is 11.3. The molecule has 0 aliphatic carbocycles. The largest absolute Gasteiger partial charge is 0.508 e. The number of phenols is 1. The molecule has 0 unspecified atom stereocenters. The number of benzene rings is 3. The van der Waals surface area contributed by atoms with Crippen LogP contribution in [-0.4, -0.2) is 5.11 Å². The average molecular weight is 297 g/mol. The van der Waals surface area contributed by atoms with Crippen LogP contribution in [0.2, 0.25) is 0 Å². The summed E-state index contributed by atoms with van der Waals surface area (Å²) in [5.41, 5.74) is 0.823. The molecule has 4 aromatic carbocycles. The van der Waals surface area contributed by atoms with E-state index in [2.05, 4.69) is 36.4 Å².